The van der Waals surface area contributed by atoms with Crippen molar-refractivity contribution in [2.24, 2.45) is 0 Å². The second-order valence-corrected chi connectivity index (χ2v) is 3.17. The van der Waals surface area contributed by atoms with Gasteiger partial charge >= 0.3 is 0 Å². The van der Waals surface area contributed by atoms with E-state index in [0.717, 1.165) is 5.69 Å². The van der Waals surface area contributed by atoms with Gasteiger partial charge in [-0.05, 0) is 13.8 Å². The van der Waals surface area contributed by atoms with E-state index in [9.17, 15) is 4.79 Å². The van der Waals surface area contributed by atoms with Gasteiger partial charge in [-0.2, -0.15) is 0 Å². The summed E-state index contributed by atoms with van der Waals surface area (Å²) < 4.78 is 0. The predicted octanol–water partition coefficient (Wildman–Crippen LogP) is 1.68. The van der Waals surface area contributed by atoms with Crippen molar-refractivity contribution in [3.8, 4) is 0 Å². The molecular formula is C10H14N2O. The van der Waals surface area contributed by atoms with Gasteiger partial charge in [0.05, 0.1) is 0 Å². The molecule has 1 atom stereocenters. The Labute approximate surface area is 77.5 Å². The highest BCUT2D eigenvalue weighted by Crippen LogP contribution is 2.13. The first-order chi connectivity index (χ1) is 6.06. The van der Waals surface area contributed by atoms with Crippen molar-refractivity contribution in [1.29, 1.82) is 0 Å². The maximum atomic E-state index is 11.5. The molecule has 1 aromatic heterocycles. The van der Waals surface area contributed by atoms with Crippen molar-refractivity contribution in [1.82, 2.24) is 9.97 Å². The van der Waals surface area contributed by atoms with Crippen LogP contribution in [-0.2, 0) is 0 Å². The number of hydrogen-bond acceptors (Lipinski definition) is 2. The van der Waals surface area contributed by atoms with Crippen LogP contribution in [0.2, 0.25) is 0 Å². The molecule has 1 aromatic rings. The number of aromatic nitrogens is 2. The Bertz CT molecular complexity index is 379. The van der Waals surface area contributed by atoms with Gasteiger partial charge in [-0.1, -0.05) is 13.0 Å². The van der Waals surface area contributed by atoms with E-state index in [4.69, 9.17) is 0 Å². The Hall–Kier alpha value is -1.38. The third kappa shape index (κ3) is 1.86. The van der Waals surface area contributed by atoms with Crippen LogP contribution < -0.4 is 5.56 Å². The number of rotatable bonds is 2. The van der Waals surface area contributed by atoms with Crippen molar-refractivity contribution < 1.29 is 0 Å². The zero-order valence-electron chi connectivity index (χ0n) is 8.22. The molecule has 70 valence electrons. The van der Waals surface area contributed by atoms with E-state index in [-0.39, 0.29) is 11.5 Å². The lowest BCUT2D eigenvalue weighted by atomic mass is 10.0. The Kier molecular flexibility index (Phi) is 2.66. The number of nitrogens with one attached hydrogen (secondary N) is 1. The molecule has 0 spiro atoms. The van der Waals surface area contributed by atoms with E-state index in [2.05, 4.69) is 16.5 Å². The van der Waals surface area contributed by atoms with Crippen LogP contribution in [-0.4, -0.2) is 9.97 Å². The van der Waals surface area contributed by atoms with E-state index in [0.29, 0.717) is 11.4 Å². The fourth-order valence-electron chi connectivity index (χ4n) is 1.39. The normalized spacial score (nSPS) is 12.5. The van der Waals surface area contributed by atoms with E-state index in [1.807, 2.05) is 13.8 Å². The first kappa shape index (κ1) is 9.71. The number of H-pyrrole nitrogens is 1. The largest absolute Gasteiger partial charge is 0.311 e. The van der Waals surface area contributed by atoms with Gasteiger partial charge in [0.1, 0.15) is 5.82 Å². The van der Waals surface area contributed by atoms with Crippen molar-refractivity contribution in [2.45, 2.75) is 26.7 Å². The quantitative estimate of drug-likeness (QED) is 0.700. The molecule has 0 aliphatic rings. The average molecular weight is 178 g/mol. The number of hydrogen-bond donors (Lipinski definition) is 1. The van der Waals surface area contributed by atoms with Gasteiger partial charge in [-0.15, -0.1) is 6.58 Å². The summed E-state index contributed by atoms with van der Waals surface area (Å²) in [5.41, 5.74) is 1.44. The maximum absolute atomic E-state index is 11.5. The van der Waals surface area contributed by atoms with Crippen LogP contribution in [0.1, 0.15) is 29.9 Å². The molecule has 0 radical (unpaired) electrons. The van der Waals surface area contributed by atoms with Crippen LogP contribution in [0, 0.1) is 13.8 Å². The Morgan fingerprint density at radius 2 is 2.15 bits per heavy atom. The van der Waals surface area contributed by atoms with Crippen molar-refractivity contribution in [3.05, 3.63) is 40.1 Å². The maximum Gasteiger partial charge on any atom is 0.254 e. The highest BCUT2D eigenvalue weighted by Gasteiger charge is 2.10. The van der Waals surface area contributed by atoms with Crippen molar-refractivity contribution in [2.75, 3.05) is 0 Å². The molecule has 0 amide bonds. The summed E-state index contributed by atoms with van der Waals surface area (Å²) in [4.78, 5) is 18.4. The van der Waals surface area contributed by atoms with Gasteiger partial charge in [0.2, 0.25) is 0 Å². The van der Waals surface area contributed by atoms with E-state index < -0.39 is 0 Å². The highest BCUT2D eigenvalue weighted by atomic mass is 16.1. The summed E-state index contributed by atoms with van der Waals surface area (Å²) in [5, 5.41) is 0. The molecule has 1 rings (SSSR count). The molecular weight excluding hydrogens is 164 g/mol. The lowest BCUT2D eigenvalue weighted by Crippen LogP contribution is -2.18. The molecule has 0 saturated carbocycles. The molecule has 13 heavy (non-hydrogen) atoms. The number of aromatic amines is 1. The summed E-state index contributed by atoms with van der Waals surface area (Å²) >= 11 is 0. The van der Waals surface area contributed by atoms with Crippen LogP contribution in [0.4, 0.5) is 0 Å². The fourth-order valence-corrected chi connectivity index (χ4v) is 1.39. The molecule has 0 fully saturated rings. The topological polar surface area (TPSA) is 45.8 Å². The number of nitrogens with zero attached hydrogens (tertiary/aromatic N) is 1. The molecule has 1 N–H and O–H groups in total. The molecule has 0 bridgehead atoms. The minimum Gasteiger partial charge on any atom is -0.311 e. The molecule has 0 saturated heterocycles. The molecule has 0 aliphatic heterocycles. The van der Waals surface area contributed by atoms with Crippen LogP contribution in [0.15, 0.2) is 17.4 Å². The SMILES string of the molecule is C=CC(C)c1c(C)nc(C)[nH]c1=O. The first-order valence-corrected chi connectivity index (χ1v) is 4.26. The van der Waals surface area contributed by atoms with Gasteiger partial charge in [-0.25, -0.2) is 4.98 Å². The fraction of sp³-hybridized carbons (Fsp3) is 0.400. The van der Waals surface area contributed by atoms with Gasteiger partial charge < -0.3 is 4.98 Å². The molecule has 1 heterocycles. The van der Waals surface area contributed by atoms with Crippen LogP contribution in [0.25, 0.3) is 0 Å². The second-order valence-electron chi connectivity index (χ2n) is 3.17. The third-order valence-corrected chi connectivity index (χ3v) is 2.07. The summed E-state index contributed by atoms with van der Waals surface area (Å²) in [5.74, 6) is 0.708. The monoisotopic (exact) mass is 178 g/mol. The Morgan fingerprint density at radius 1 is 1.54 bits per heavy atom. The first-order valence-electron chi connectivity index (χ1n) is 4.26. The summed E-state index contributed by atoms with van der Waals surface area (Å²) in [6.07, 6.45) is 1.74. The zero-order chi connectivity index (χ0) is 10.0. The highest BCUT2D eigenvalue weighted by molar-refractivity contribution is 5.23. The zero-order valence-corrected chi connectivity index (χ0v) is 8.22. The lowest BCUT2D eigenvalue weighted by molar-refractivity contribution is 0.859. The van der Waals surface area contributed by atoms with Crippen LogP contribution >= 0.6 is 0 Å². The minimum absolute atomic E-state index is 0.0526. The van der Waals surface area contributed by atoms with Crippen LogP contribution in [0.5, 0.6) is 0 Å². The standard InChI is InChI=1S/C10H14N2O/c1-5-6(2)9-7(3)11-8(4)12-10(9)13/h5-6H,1H2,2-4H3,(H,11,12,13). The Morgan fingerprint density at radius 3 is 2.62 bits per heavy atom. The van der Waals surface area contributed by atoms with Gasteiger partial charge in [0.25, 0.3) is 5.56 Å². The molecule has 0 aliphatic carbocycles. The third-order valence-electron chi connectivity index (χ3n) is 2.07. The van der Waals surface area contributed by atoms with Gasteiger partial charge in [0.15, 0.2) is 0 Å². The number of aryl methyl sites for hydroxylation is 2. The predicted molar refractivity (Wildman–Crippen MR) is 52.9 cm³/mol. The smallest absolute Gasteiger partial charge is 0.254 e. The average Bonchev–Trinajstić information content (AvgIpc) is 2.02. The van der Waals surface area contributed by atoms with Crippen molar-refractivity contribution in [3.63, 3.8) is 0 Å². The van der Waals surface area contributed by atoms with E-state index in [1.165, 1.54) is 0 Å². The summed E-state index contributed by atoms with van der Waals surface area (Å²) in [6.45, 7) is 9.21. The Balaban J connectivity index is 3.37. The van der Waals surface area contributed by atoms with Crippen LogP contribution in [0.3, 0.4) is 0 Å². The summed E-state index contributed by atoms with van der Waals surface area (Å²) in [6, 6.07) is 0. The second kappa shape index (κ2) is 3.56. The molecule has 3 nitrogen and oxygen atoms in total. The van der Waals surface area contributed by atoms with E-state index in [1.54, 1.807) is 13.0 Å². The van der Waals surface area contributed by atoms with Crippen molar-refractivity contribution >= 4 is 0 Å². The minimum atomic E-state index is -0.0580. The molecule has 0 aromatic carbocycles. The van der Waals surface area contributed by atoms with Gasteiger partial charge in [0, 0.05) is 17.2 Å². The van der Waals surface area contributed by atoms with E-state index >= 15 is 0 Å². The molecule has 1 unspecified atom stereocenters. The van der Waals surface area contributed by atoms with Gasteiger partial charge in [-0.3, -0.25) is 4.79 Å². The summed E-state index contributed by atoms with van der Waals surface area (Å²) in [7, 11) is 0. The number of allylic oxidation sites excluding steroid dienone is 1. The lowest BCUT2D eigenvalue weighted by Gasteiger charge is -2.08. The molecule has 3 heteroatoms.